The minimum atomic E-state index is -1.53. The van der Waals surface area contributed by atoms with Gasteiger partial charge in [-0.05, 0) is 53.0 Å². The van der Waals surface area contributed by atoms with Crippen LogP contribution in [0.5, 0.6) is 11.5 Å². The molecular formula is C43H29NO. The van der Waals surface area contributed by atoms with Crippen molar-refractivity contribution in [3.8, 4) is 28.3 Å². The molecule has 1 aliphatic heterocycles. The number of ether oxygens (including phenoxy) is 1. The van der Waals surface area contributed by atoms with E-state index in [1.54, 1.807) is 0 Å². The Kier molecular flexibility index (Phi) is 4.36. The van der Waals surface area contributed by atoms with Gasteiger partial charge < -0.3 is 9.30 Å². The molecule has 0 atom stereocenters. The molecule has 8 aromatic rings. The normalized spacial score (nSPS) is 15.4. The van der Waals surface area contributed by atoms with Gasteiger partial charge in [-0.25, -0.2) is 0 Å². The number of para-hydroxylation sites is 4. The van der Waals surface area contributed by atoms with Gasteiger partial charge in [-0.3, -0.25) is 0 Å². The Hall–Kier alpha value is -5.86. The van der Waals surface area contributed by atoms with E-state index in [2.05, 4.69) is 10.6 Å². The van der Waals surface area contributed by atoms with Crippen molar-refractivity contribution in [1.29, 1.82) is 0 Å². The summed E-state index contributed by atoms with van der Waals surface area (Å²) in [7, 11) is 0. The van der Waals surface area contributed by atoms with Crippen LogP contribution < -0.4 is 4.74 Å². The summed E-state index contributed by atoms with van der Waals surface area (Å²) in [5, 5.41) is 1.93. The lowest BCUT2D eigenvalue weighted by molar-refractivity contribution is 0.434. The summed E-state index contributed by atoms with van der Waals surface area (Å²) < 4.78 is 73.5. The minimum Gasteiger partial charge on any atom is -0.457 e. The molecule has 45 heavy (non-hydrogen) atoms. The van der Waals surface area contributed by atoms with Crippen LogP contribution in [-0.2, 0) is 5.41 Å². The Morgan fingerprint density at radius 3 is 1.91 bits per heavy atom. The zero-order valence-corrected chi connectivity index (χ0v) is 24.1. The number of hydrogen-bond acceptors (Lipinski definition) is 1. The smallest absolute Gasteiger partial charge is 0.132 e. The molecule has 2 heterocycles. The fraction of sp³-hybridized carbons (Fsp3) is 0.0233. The molecule has 0 amide bonds. The van der Waals surface area contributed by atoms with E-state index in [1.165, 1.54) is 0 Å². The van der Waals surface area contributed by atoms with Crippen LogP contribution in [-0.4, -0.2) is 4.57 Å². The van der Waals surface area contributed by atoms with Crippen molar-refractivity contribution < 1.29 is 14.3 Å². The summed E-state index contributed by atoms with van der Waals surface area (Å²) in [4.78, 5) is 0. The van der Waals surface area contributed by atoms with Crippen molar-refractivity contribution in [2.24, 2.45) is 0 Å². The summed E-state index contributed by atoms with van der Waals surface area (Å²) in [5.41, 5.74) is 3.55. The van der Waals surface area contributed by atoms with Gasteiger partial charge in [0.2, 0.25) is 0 Å². The Balaban J connectivity index is 1.50. The largest absolute Gasteiger partial charge is 0.457 e. The maximum atomic E-state index is 10.2. The van der Waals surface area contributed by atoms with E-state index in [0.717, 1.165) is 27.5 Å². The lowest BCUT2D eigenvalue weighted by atomic mass is 9.63. The minimum absolute atomic E-state index is 0.0702. The monoisotopic (exact) mass is 582 g/mol. The summed E-state index contributed by atoms with van der Waals surface area (Å²) in [6, 6.07) is 40.3. The first-order chi connectivity index (χ1) is 25.3. The summed E-state index contributed by atoms with van der Waals surface area (Å²) in [6.07, 6.45) is 0. The van der Waals surface area contributed by atoms with Gasteiger partial charge >= 0.3 is 0 Å². The molecule has 0 bridgehead atoms. The topological polar surface area (TPSA) is 14.2 Å². The van der Waals surface area contributed by atoms with Crippen molar-refractivity contribution >= 4 is 21.8 Å². The van der Waals surface area contributed by atoms with Crippen molar-refractivity contribution in [2.75, 3.05) is 0 Å². The molecule has 9 rings (SSSR count). The number of hydrogen-bond donors (Lipinski definition) is 0. The van der Waals surface area contributed by atoms with Gasteiger partial charge in [0, 0.05) is 33.2 Å². The molecule has 2 nitrogen and oxygen atoms in total. The molecule has 0 saturated heterocycles. The van der Waals surface area contributed by atoms with Gasteiger partial charge in [-0.15, -0.1) is 0 Å². The van der Waals surface area contributed by atoms with Crippen molar-refractivity contribution in [2.45, 2.75) is 5.41 Å². The summed E-state index contributed by atoms with van der Waals surface area (Å²) in [6.45, 7) is 0. The highest BCUT2D eigenvalue weighted by Crippen LogP contribution is 2.56. The molecule has 1 aromatic heterocycles. The van der Waals surface area contributed by atoms with Crippen LogP contribution in [0, 0.1) is 0 Å². The predicted octanol–water partition coefficient (Wildman–Crippen LogP) is 10.9. The quantitative estimate of drug-likeness (QED) is 0.201. The second kappa shape index (κ2) is 10.1. The Morgan fingerprint density at radius 1 is 0.533 bits per heavy atom. The van der Waals surface area contributed by atoms with Crippen LogP contribution in [0.1, 0.15) is 31.8 Å². The third-order valence-corrected chi connectivity index (χ3v) is 8.78. The maximum Gasteiger partial charge on any atom is 0.132 e. The van der Waals surface area contributed by atoms with E-state index in [0.29, 0.717) is 16.7 Å². The third-order valence-electron chi connectivity index (χ3n) is 8.78. The molecule has 0 spiro atoms. The van der Waals surface area contributed by atoms with Crippen LogP contribution in [0.2, 0.25) is 0 Å². The van der Waals surface area contributed by atoms with Gasteiger partial charge in [-0.2, -0.15) is 0 Å². The van der Waals surface area contributed by atoms with E-state index >= 15 is 0 Å². The molecular weight excluding hydrogens is 546 g/mol. The van der Waals surface area contributed by atoms with Gasteiger partial charge in [0.05, 0.1) is 26.0 Å². The van der Waals surface area contributed by atoms with Gasteiger partial charge in [0.15, 0.2) is 0 Å². The first-order valence-electron chi connectivity index (χ1n) is 18.4. The summed E-state index contributed by atoms with van der Waals surface area (Å²) >= 11 is 0. The Bertz CT molecular complexity index is 2690. The third kappa shape index (κ3) is 3.76. The highest BCUT2D eigenvalue weighted by Gasteiger charge is 2.45. The van der Waals surface area contributed by atoms with Crippen molar-refractivity contribution in [3.05, 3.63) is 198 Å². The van der Waals surface area contributed by atoms with E-state index in [-0.39, 0.29) is 52.4 Å². The SMILES string of the molecule is [2H]c1c([2H])c([2H])c2c(c1[2H])Oc1c([2H])c([2H])c(-c3cccc4c5ccccc5n(-c5ccccc5)c34)c([2H])c1C2(c1ccccc1)c1ccccc1. The second-order valence-corrected chi connectivity index (χ2v) is 11.1. The lowest BCUT2D eigenvalue weighted by Gasteiger charge is -2.41. The number of fused-ring (bicyclic) bond motifs is 5. The fourth-order valence-electron chi connectivity index (χ4n) is 6.92. The average Bonchev–Trinajstić information content (AvgIpc) is 3.53. The van der Waals surface area contributed by atoms with Crippen LogP contribution in [0.15, 0.2) is 176 Å². The average molecular weight is 583 g/mol. The van der Waals surface area contributed by atoms with E-state index in [1.807, 2.05) is 127 Å². The first kappa shape index (κ1) is 19.4. The summed E-state index contributed by atoms with van der Waals surface area (Å²) in [5.74, 6) is -0.211. The predicted molar refractivity (Wildman–Crippen MR) is 185 cm³/mol. The molecule has 0 radical (unpaired) electrons. The second-order valence-electron chi connectivity index (χ2n) is 11.1. The molecule has 0 unspecified atom stereocenters. The Morgan fingerprint density at radius 2 is 1.16 bits per heavy atom. The van der Waals surface area contributed by atoms with Crippen LogP contribution in [0.4, 0.5) is 0 Å². The van der Waals surface area contributed by atoms with E-state index in [9.17, 15) is 5.48 Å². The molecule has 1 aliphatic rings. The van der Waals surface area contributed by atoms with Crippen LogP contribution in [0.3, 0.4) is 0 Å². The zero-order valence-electron chi connectivity index (χ0n) is 31.1. The molecule has 2 heteroatoms. The number of aromatic nitrogens is 1. The van der Waals surface area contributed by atoms with E-state index in [4.69, 9.17) is 8.85 Å². The van der Waals surface area contributed by atoms with Gasteiger partial charge in [0.25, 0.3) is 0 Å². The zero-order chi connectivity index (χ0) is 35.9. The molecule has 7 aromatic carbocycles. The fourth-order valence-corrected chi connectivity index (χ4v) is 6.92. The molecule has 0 saturated carbocycles. The van der Waals surface area contributed by atoms with Gasteiger partial charge in [-0.1, -0.05) is 139 Å². The van der Waals surface area contributed by atoms with Crippen LogP contribution >= 0.6 is 0 Å². The molecule has 0 N–H and O–H groups in total. The van der Waals surface area contributed by atoms with Crippen LogP contribution in [0.25, 0.3) is 38.6 Å². The number of nitrogens with zero attached hydrogens (tertiary/aromatic N) is 1. The van der Waals surface area contributed by atoms with Crippen molar-refractivity contribution in [1.82, 2.24) is 4.57 Å². The van der Waals surface area contributed by atoms with E-state index < -0.39 is 23.5 Å². The Labute approximate surface area is 272 Å². The first-order valence-corrected chi connectivity index (χ1v) is 14.9. The lowest BCUT2D eigenvalue weighted by Crippen LogP contribution is -2.34. The molecule has 212 valence electrons. The number of benzene rings is 7. The highest BCUT2D eigenvalue weighted by atomic mass is 16.5. The maximum absolute atomic E-state index is 10.2. The number of rotatable bonds is 4. The molecule has 0 fully saturated rings. The van der Waals surface area contributed by atoms with Gasteiger partial charge in [0.1, 0.15) is 11.5 Å². The standard InChI is InChI=1S/C43H29NO/c1-4-15-31(16-5-1)43(32-17-6-2-7-18-32)37-24-11-13-26-40(37)45-41-28-27-30(29-38(41)43)34-22-14-23-36-35-21-10-12-25-39(35)44(42(34)36)33-19-8-3-9-20-33/h1-29H/i11D,13D,24D,26D,27D,28D,29D. The van der Waals surface area contributed by atoms with Crippen molar-refractivity contribution in [3.63, 3.8) is 0 Å². The molecule has 0 aliphatic carbocycles. The highest BCUT2D eigenvalue weighted by molar-refractivity contribution is 6.13.